The Kier molecular flexibility index (Phi) is 3.59. The average Bonchev–Trinajstić information content (AvgIpc) is 2.16. The van der Waals surface area contributed by atoms with Crippen molar-refractivity contribution in [3.8, 4) is 0 Å². The molecule has 1 rings (SSSR count). The zero-order chi connectivity index (χ0) is 10.8. The molecule has 84 valence electrons. The van der Waals surface area contributed by atoms with E-state index in [0.29, 0.717) is 17.9 Å². The van der Waals surface area contributed by atoms with Gasteiger partial charge in [0.05, 0.1) is 5.60 Å². The van der Waals surface area contributed by atoms with Crippen molar-refractivity contribution >= 4 is 0 Å². The first kappa shape index (κ1) is 12.0. The number of ether oxygens (including phenoxy) is 1. The molecule has 2 unspecified atom stereocenters. The number of hydrogen-bond donors (Lipinski definition) is 1. The maximum Gasteiger partial charge on any atom is 0.0833 e. The van der Waals surface area contributed by atoms with E-state index in [1.54, 1.807) is 0 Å². The van der Waals surface area contributed by atoms with Crippen LogP contribution >= 0.6 is 0 Å². The van der Waals surface area contributed by atoms with Crippen molar-refractivity contribution < 1.29 is 4.74 Å². The van der Waals surface area contributed by atoms with Crippen LogP contribution in [0, 0.1) is 11.3 Å². The molecule has 1 aliphatic carbocycles. The molecule has 2 heteroatoms. The van der Waals surface area contributed by atoms with Gasteiger partial charge in [0.25, 0.3) is 0 Å². The summed E-state index contributed by atoms with van der Waals surface area (Å²) in [6, 6.07) is 0. The molecular weight excluding hydrogens is 174 g/mol. The predicted molar refractivity (Wildman–Crippen MR) is 60.2 cm³/mol. The Hall–Kier alpha value is -0.0800. The molecule has 14 heavy (non-hydrogen) atoms. The maximum absolute atomic E-state index is 5.91. The maximum atomic E-state index is 5.91. The van der Waals surface area contributed by atoms with Crippen molar-refractivity contribution in [2.45, 2.75) is 52.1 Å². The van der Waals surface area contributed by atoms with Crippen LogP contribution in [0.2, 0.25) is 0 Å². The zero-order valence-corrected chi connectivity index (χ0v) is 10.1. The second kappa shape index (κ2) is 4.19. The standard InChI is InChI=1S/C12H25NO/c1-11(2,3)10-7-5-6-8-12(10,9-13)14-4/h10H,5-9,13H2,1-4H3. The minimum absolute atomic E-state index is 0.0590. The number of rotatable bonds is 2. The summed E-state index contributed by atoms with van der Waals surface area (Å²) in [4.78, 5) is 0. The van der Waals surface area contributed by atoms with Gasteiger partial charge in [-0.05, 0) is 24.2 Å². The van der Waals surface area contributed by atoms with Gasteiger partial charge in [0, 0.05) is 13.7 Å². The highest BCUT2D eigenvalue weighted by molar-refractivity contribution is 4.97. The fourth-order valence-corrected chi connectivity index (χ4v) is 3.00. The first-order chi connectivity index (χ1) is 6.46. The van der Waals surface area contributed by atoms with E-state index in [9.17, 15) is 0 Å². The number of nitrogens with two attached hydrogens (primary N) is 1. The van der Waals surface area contributed by atoms with Gasteiger partial charge < -0.3 is 10.5 Å². The SMILES string of the molecule is COC1(CN)CCCCC1C(C)(C)C. The van der Waals surface area contributed by atoms with Crippen LogP contribution in [-0.2, 0) is 4.74 Å². The summed E-state index contributed by atoms with van der Waals surface area (Å²) in [6.07, 6.45) is 4.97. The second-order valence-corrected chi connectivity index (χ2v) is 5.64. The summed E-state index contributed by atoms with van der Waals surface area (Å²) in [5, 5.41) is 0. The van der Waals surface area contributed by atoms with Crippen molar-refractivity contribution in [2.75, 3.05) is 13.7 Å². The van der Waals surface area contributed by atoms with Gasteiger partial charge in [0.1, 0.15) is 0 Å². The molecule has 1 saturated carbocycles. The van der Waals surface area contributed by atoms with Gasteiger partial charge in [0.2, 0.25) is 0 Å². The van der Waals surface area contributed by atoms with Crippen molar-refractivity contribution in [3.63, 3.8) is 0 Å². The molecule has 2 nitrogen and oxygen atoms in total. The Labute approximate surface area is 88.2 Å². The molecule has 2 N–H and O–H groups in total. The molecule has 0 amide bonds. The Morgan fingerprint density at radius 3 is 2.36 bits per heavy atom. The van der Waals surface area contributed by atoms with E-state index < -0.39 is 0 Å². The van der Waals surface area contributed by atoms with Crippen molar-refractivity contribution in [1.82, 2.24) is 0 Å². The first-order valence-electron chi connectivity index (χ1n) is 5.71. The van der Waals surface area contributed by atoms with Gasteiger partial charge in [-0.2, -0.15) is 0 Å². The largest absolute Gasteiger partial charge is 0.377 e. The van der Waals surface area contributed by atoms with Crippen LogP contribution < -0.4 is 5.73 Å². The molecule has 0 heterocycles. The van der Waals surface area contributed by atoms with Gasteiger partial charge in [-0.1, -0.05) is 33.6 Å². The van der Waals surface area contributed by atoms with Crippen molar-refractivity contribution in [1.29, 1.82) is 0 Å². The zero-order valence-electron chi connectivity index (χ0n) is 10.1. The lowest BCUT2D eigenvalue weighted by Crippen LogP contribution is -2.53. The summed E-state index contributed by atoms with van der Waals surface area (Å²) in [5.41, 5.74) is 6.15. The smallest absolute Gasteiger partial charge is 0.0833 e. The van der Waals surface area contributed by atoms with Gasteiger partial charge in [-0.3, -0.25) is 0 Å². The first-order valence-corrected chi connectivity index (χ1v) is 5.71. The second-order valence-electron chi connectivity index (χ2n) is 5.64. The molecule has 0 bridgehead atoms. The van der Waals surface area contributed by atoms with Crippen LogP contribution in [0.4, 0.5) is 0 Å². The molecule has 0 aromatic heterocycles. The highest BCUT2D eigenvalue weighted by atomic mass is 16.5. The molecule has 2 atom stereocenters. The van der Waals surface area contributed by atoms with E-state index in [1.807, 2.05) is 7.11 Å². The molecule has 0 saturated heterocycles. The van der Waals surface area contributed by atoms with Crippen LogP contribution in [0.15, 0.2) is 0 Å². The summed E-state index contributed by atoms with van der Waals surface area (Å²) in [6.45, 7) is 7.55. The fraction of sp³-hybridized carbons (Fsp3) is 1.00. The summed E-state index contributed by atoms with van der Waals surface area (Å²) in [5.74, 6) is 0.596. The minimum Gasteiger partial charge on any atom is -0.377 e. The minimum atomic E-state index is -0.0590. The molecule has 0 aliphatic heterocycles. The van der Waals surface area contributed by atoms with E-state index in [1.165, 1.54) is 19.3 Å². The third-order valence-electron chi connectivity index (χ3n) is 3.78. The van der Waals surface area contributed by atoms with Crippen molar-refractivity contribution in [3.05, 3.63) is 0 Å². The molecule has 0 aromatic carbocycles. The molecular formula is C12H25NO. The third kappa shape index (κ3) is 2.12. The normalized spacial score (nSPS) is 34.5. The molecule has 1 aliphatic rings. The van der Waals surface area contributed by atoms with Gasteiger partial charge in [0.15, 0.2) is 0 Å². The predicted octanol–water partition coefficient (Wildman–Crippen LogP) is 2.57. The molecule has 1 fully saturated rings. The molecule has 0 aromatic rings. The van der Waals surface area contributed by atoms with Crippen LogP contribution in [-0.4, -0.2) is 19.3 Å². The number of methoxy groups -OCH3 is 1. The summed E-state index contributed by atoms with van der Waals surface area (Å²) < 4.78 is 5.74. The topological polar surface area (TPSA) is 35.2 Å². The fourth-order valence-electron chi connectivity index (χ4n) is 3.00. The van der Waals surface area contributed by atoms with E-state index in [0.717, 1.165) is 6.42 Å². The lowest BCUT2D eigenvalue weighted by atomic mass is 9.63. The Morgan fingerprint density at radius 1 is 1.36 bits per heavy atom. The lowest BCUT2D eigenvalue weighted by molar-refractivity contribution is -0.110. The van der Waals surface area contributed by atoms with Crippen LogP contribution in [0.1, 0.15) is 46.5 Å². The molecule has 0 spiro atoms. The summed E-state index contributed by atoms with van der Waals surface area (Å²) in [7, 11) is 1.82. The van der Waals surface area contributed by atoms with Crippen molar-refractivity contribution in [2.24, 2.45) is 17.1 Å². The Bertz CT molecular complexity index is 179. The van der Waals surface area contributed by atoms with E-state index in [-0.39, 0.29) is 5.60 Å². The lowest BCUT2D eigenvalue weighted by Gasteiger charge is -2.48. The highest BCUT2D eigenvalue weighted by Gasteiger charge is 2.45. The van der Waals surface area contributed by atoms with E-state index >= 15 is 0 Å². The summed E-state index contributed by atoms with van der Waals surface area (Å²) >= 11 is 0. The van der Waals surface area contributed by atoms with Gasteiger partial charge >= 0.3 is 0 Å². The molecule has 0 radical (unpaired) electrons. The highest BCUT2D eigenvalue weighted by Crippen LogP contribution is 2.45. The van der Waals surface area contributed by atoms with E-state index in [4.69, 9.17) is 10.5 Å². The third-order valence-corrected chi connectivity index (χ3v) is 3.78. The monoisotopic (exact) mass is 199 g/mol. The van der Waals surface area contributed by atoms with Crippen LogP contribution in [0.5, 0.6) is 0 Å². The average molecular weight is 199 g/mol. The van der Waals surface area contributed by atoms with Crippen LogP contribution in [0.3, 0.4) is 0 Å². The van der Waals surface area contributed by atoms with Crippen LogP contribution in [0.25, 0.3) is 0 Å². The quantitative estimate of drug-likeness (QED) is 0.742. The van der Waals surface area contributed by atoms with E-state index in [2.05, 4.69) is 20.8 Å². The Balaban J connectivity index is 2.87. The van der Waals surface area contributed by atoms with Gasteiger partial charge in [-0.15, -0.1) is 0 Å². The van der Waals surface area contributed by atoms with Gasteiger partial charge in [-0.25, -0.2) is 0 Å². The number of hydrogen-bond acceptors (Lipinski definition) is 2. The Morgan fingerprint density at radius 2 is 2.00 bits per heavy atom.